The Hall–Kier alpha value is -1.17. The van der Waals surface area contributed by atoms with Gasteiger partial charge in [0.1, 0.15) is 17.3 Å². The Kier molecular flexibility index (Phi) is 7.51. The van der Waals surface area contributed by atoms with Gasteiger partial charge in [-0.15, -0.1) is 0 Å². The number of rotatable bonds is 9. The standard InChI is InChI=1S/C15H24N2O2S/c1-12(2)17(7-9-18-3)8-10-19-14-6-4-5-13(11-14)15(16)20/h4-6,11-12H,7-10H2,1-3H3,(H2,16,20). The van der Waals surface area contributed by atoms with Crippen molar-refractivity contribution in [3.8, 4) is 5.75 Å². The molecule has 20 heavy (non-hydrogen) atoms. The molecule has 0 bridgehead atoms. The number of ether oxygens (including phenoxy) is 2. The van der Waals surface area contributed by atoms with Gasteiger partial charge in [-0.05, 0) is 26.0 Å². The van der Waals surface area contributed by atoms with E-state index in [1.807, 2.05) is 24.3 Å². The van der Waals surface area contributed by atoms with Crippen LogP contribution in [0.1, 0.15) is 19.4 Å². The van der Waals surface area contributed by atoms with Crippen LogP contribution in [0.4, 0.5) is 0 Å². The van der Waals surface area contributed by atoms with Gasteiger partial charge in [0.25, 0.3) is 0 Å². The Morgan fingerprint density at radius 2 is 2.00 bits per heavy atom. The monoisotopic (exact) mass is 296 g/mol. The van der Waals surface area contributed by atoms with Gasteiger partial charge in [0, 0.05) is 31.8 Å². The highest BCUT2D eigenvalue weighted by Crippen LogP contribution is 2.13. The number of hydrogen-bond acceptors (Lipinski definition) is 4. The summed E-state index contributed by atoms with van der Waals surface area (Å²) in [6.45, 7) is 7.47. The second-order valence-electron chi connectivity index (χ2n) is 4.86. The molecule has 112 valence electrons. The first-order valence-corrected chi connectivity index (χ1v) is 7.21. The first kappa shape index (κ1) is 16.9. The SMILES string of the molecule is COCCN(CCOc1cccc(C(N)=S)c1)C(C)C. The molecule has 0 aliphatic rings. The molecule has 1 aromatic carbocycles. The number of benzene rings is 1. The quantitative estimate of drug-likeness (QED) is 0.707. The fourth-order valence-corrected chi connectivity index (χ4v) is 1.98. The van der Waals surface area contributed by atoms with Crippen LogP contribution in [0.2, 0.25) is 0 Å². The fraction of sp³-hybridized carbons (Fsp3) is 0.533. The first-order valence-electron chi connectivity index (χ1n) is 6.80. The summed E-state index contributed by atoms with van der Waals surface area (Å²) in [6.07, 6.45) is 0. The lowest BCUT2D eigenvalue weighted by molar-refractivity contribution is 0.116. The average molecular weight is 296 g/mol. The lowest BCUT2D eigenvalue weighted by atomic mass is 10.2. The van der Waals surface area contributed by atoms with E-state index in [9.17, 15) is 0 Å². The Morgan fingerprint density at radius 1 is 1.30 bits per heavy atom. The van der Waals surface area contributed by atoms with Crippen molar-refractivity contribution in [2.75, 3.05) is 33.4 Å². The number of methoxy groups -OCH3 is 1. The lowest BCUT2D eigenvalue weighted by Gasteiger charge is -2.26. The van der Waals surface area contributed by atoms with E-state index in [0.717, 1.165) is 31.0 Å². The van der Waals surface area contributed by atoms with Crippen LogP contribution in [-0.4, -0.2) is 49.3 Å². The third kappa shape index (κ3) is 5.86. The van der Waals surface area contributed by atoms with Crippen molar-refractivity contribution in [2.24, 2.45) is 5.73 Å². The maximum Gasteiger partial charge on any atom is 0.120 e. The van der Waals surface area contributed by atoms with Crippen molar-refractivity contribution in [1.29, 1.82) is 0 Å². The fourth-order valence-electron chi connectivity index (χ4n) is 1.86. The van der Waals surface area contributed by atoms with Gasteiger partial charge < -0.3 is 15.2 Å². The molecule has 0 amide bonds. The molecule has 0 aromatic heterocycles. The maximum absolute atomic E-state index is 5.76. The van der Waals surface area contributed by atoms with Crippen molar-refractivity contribution < 1.29 is 9.47 Å². The summed E-state index contributed by atoms with van der Waals surface area (Å²) in [5, 5.41) is 0. The van der Waals surface area contributed by atoms with Gasteiger partial charge in [-0.1, -0.05) is 24.4 Å². The van der Waals surface area contributed by atoms with Gasteiger partial charge in [0.15, 0.2) is 0 Å². The van der Waals surface area contributed by atoms with Gasteiger partial charge in [-0.2, -0.15) is 0 Å². The molecule has 0 aliphatic heterocycles. The smallest absolute Gasteiger partial charge is 0.120 e. The molecule has 1 rings (SSSR count). The van der Waals surface area contributed by atoms with Gasteiger partial charge in [0.2, 0.25) is 0 Å². The van der Waals surface area contributed by atoms with Crippen molar-refractivity contribution >= 4 is 17.2 Å². The minimum atomic E-state index is 0.388. The van der Waals surface area contributed by atoms with E-state index in [0.29, 0.717) is 17.6 Å². The van der Waals surface area contributed by atoms with Crippen LogP contribution in [-0.2, 0) is 4.74 Å². The summed E-state index contributed by atoms with van der Waals surface area (Å²) in [5.74, 6) is 0.797. The average Bonchev–Trinajstić information content (AvgIpc) is 2.42. The van der Waals surface area contributed by atoms with E-state index in [1.165, 1.54) is 0 Å². The Morgan fingerprint density at radius 3 is 2.60 bits per heavy atom. The van der Waals surface area contributed by atoms with Gasteiger partial charge in [-0.25, -0.2) is 0 Å². The molecule has 0 fully saturated rings. The second-order valence-corrected chi connectivity index (χ2v) is 5.30. The topological polar surface area (TPSA) is 47.7 Å². The summed E-state index contributed by atoms with van der Waals surface area (Å²) in [4.78, 5) is 2.71. The van der Waals surface area contributed by atoms with E-state index in [-0.39, 0.29) is 0 Å². The molecular formula is C15H24N2O2S. The summed E-state index contributed by atoms with van der Waals surface area (Å²) in [7, 11) is 1.72. The van der Waals surface area contributed by atoms with E-state index >= 15 is 0 Å². The van der Waals surface area contributed by atoms with Crippen molar-refractivity contribution in [1.82, 2.24) is 4.90 Å². The zero-order valence-corrected chi connectivity index (χ0v) is 13.3. The van der Waals surface area contributed by atoms with Crippen LogP contribution in [0.15, 0.2) is 24.3 Å². The van der Waals surface area contributed by atoms with Crippen LogP contribution in [0.3, 0.4) is 0 Å². The predicted octanol–water partition coefficient (Wildman–Crippen LogP) is 2.06. The highest BCUT2D eigenvalue weighted by Gasteiger charge is 2.09. The number of nitrogens with zero attached hydrogens (tertiary/aromatic N) is 1. The van der Waals surface area contributed by atoms with E-state index in [2.05, 4.69) is 18.7 Å². The summed E-state index contributed by atoms with van der Waals surface area (Å²) >= 11 is 4.96. The number of thiocarbonyl (C=S) groups is 1. The maximum atomic E-state index is 5.76. The van der Waals surface area contributed by atoms with Gasteiger partial charge >= 0.3 is 0 Å². The minimum Gasteiger partial charge on any atom is -0.492 e. The molecule has 0 unspecified atom stereocenters. The molecule has 0 heterocycles. The molecule has 4 nitrogen and oxygen atoms in total. The van der Waals surface area contributed by atoms with Crippen LogP contribution in [0.5, 0.6) is 5.75 Å². The van der Waals surface area contributed by atoms with Crippen LogP contribution >= 0.6 is 12.2 Å². The van der Waals surface area contributed by atoms with Crippen LogP contribution < -0.4 is 10.5 Å². The Balaban J connectivity index is 2.45. The normalized spacial score (nSPS) is 11.1. The van der Waals surface area contributed by atoms with Crippen molar-refractivity contribution in [3.63, 3.8) is 0 Å². The molecule has 0 radical (unpaired) electrons. The minimum absolute atomic E-state index is 0.388. The molecule has 0 spiro atoms. The highest BCUT2D eigenvalue weighted by molar-refractivity contribution is 7.80. The number of nitrogens with two attached hydrogens (primary N) is 1. The van der Waals surface area contributed by atoms with Gasteiger partial charge in [0.05, 0.1) is 6.61 Å². The van der Waals surface area contributed by atoms with E-state index < -0.39 is 0 Å². The molecule has 2 N–H and O–H groups in total. The molecule has 5 heteroatoms. The highest BCUT2D eigenvalue weighted by atomic mass is 32.1. The summed E-state index contributed by atoms with van der Waals surface area (Å²) in [5.41, 5.74) is 6.44. The van der Waals surface area contributed by atoms with Crippen molar-refractivity contribution in [2.45, 2.75) is 19.9 Å². The van der Waals surface area contributed by atoms with Gasteiger partial charge in [-0.3, -0.25) is 4.90 Å². The third-order valence-electron chi connectivity index (χ3n) is 3.08. The predicted molar refractivity (Wildman–Crippen MR) is 86.4 cm³/mol. The van der Waals surface area contributed by atoms with Crippen molar-refractivity contribution in [3.05, 3.63) is 29.8 Å². The van der Waals surface area contributed by atoms with E-state index in [4.69, 9.17) is 27.4 Å². The molecule has 0 aliphatic carbocycles. The molecule has 0 saturated carbocycles. The molecular weight excluding hydrogens is 272 g/mol. The zero-order valence-electron chi connectivity index (χ0n) is 12.5. The second kappa shape index (κ2) is 8.89. The van der Waals surface area contributed by atoms with Crippen LogP contribution in [0.25, 0.3) is 0 Å². The molecule has 0 saturated heterocycles. The zero-order chi connectivity index (χ0) is 15.0. The Bertz CT molecular complexity index is 424. The lowest BCUT2D eigenvalue weighted by Crippen LogP contribution is -2.37. The third-order valence-corrected chi connectivity index (χ3v) is 3.31. The molecule has 1 aromatic rings. The van der Waals surface area contributed by atoms with Crippen LogP contribution in [0, 0.1) is 0 Å². The summed E-state index contributed by atoms with van der Waals surface area (Å²) < 4.78 is 10.9. The summed E-state index contributed by atoms with van der Waals surface area (Å²) in [6, 6.07) is 8.04. The van der Waals surface area contributed by atoms with E-state index in [1.54, 1.807) is 7.11 Å². The first-order chi connectivity index (χ1) is 9.54. The Labute approximate surface area is 126 Å². The molecule has 0 atom stereocenters. The number of hydrogen-bond donors (Lipinski definition) is 1. The largest absolute Gasteiger partial charge is 0.492 e.